The molecule has 0 aromatic carbocycles. The van der Waals surface area contributed by atoms with E-state index < -0.39 is 11.4 Å². The van der Waals surface area contributed by atoms with Crippen LogP contribution in [-0.4, -0.2) is 40.0 Å². The van der Waals surface area contributed by atoms with Gasteiger partial charge in [0, 0.05) is 19.3 Å². The fourth-order valence-electron chi connectivity index (χ4n) is 3.03. The lowest BCUT2D eigenvalue weighted by Crippen LogP contribution is -2.40. The third-order valence-corrected chi connectivity index (χ3v) is 4.97. The average Bonchev–Trinajstić information content (AvgIpc) is 2.92. The predicted octanol–water partition coefficient (Wildman–Crippen LogP) is 2.95. The third kappa shape index (κ3) is 3.23. The summed E-state index contributed by atoms with van der Waals surface area (Å²) in [5, 5.41) is 9.58. The van der Waals surface area contributed by atoms with E-state index in [1.807, 2.05) is 19.9 Å². The van der Waals surface area contributed by atoms with Gasteiger partial charge < -0.3 is 10.0 Å². The highest BCUT2D eigenvalue weighted by Gasteiger charge is 2.48. The van der Waals surface area contributed by atoms with E-state index in [4.69, 9.17) is 0 Å². The summed E-state index contributed by atoms with van der Waals surface area (Å²) in [5.74, 6) is -1.03. The number of likely N-dealkylation sites (tertiary alicyclic amines) is 1. The van der Waals surface area contributed by atoms with Gasteiger partial charge in [-0.3, -0.25) is 14.6 Å². The fraction of sp³-hybridized carbons (Fsp3) is 0.611. The largest absolute Gasteiger partial charge is 0.481 e. The number of nitrogens with zero attached hydrogens (tertiary/aromatic N) is 2. The minimum Gasteiger partial charge on any atom is -0.481 e. The van der Waals surface area contributed by atoms with Crippen molar-refractivity contribution in [2.45, 2.75) is 46.5 Å². The standard InChI is InChI=1S/C18H26N2O3/c1-12(2)18(16(22)23)8-9-20(11-18)15(21)14-7-6-13(10-19-14)17(3,4)5/h6-7,10,12H,8-9,11H2,1-5H3,(H,22,23). The van der Waals surface area contributed by atoms with E-state index in [0.717, 1.165) is 5.56 Å². The number of aromatic nitrogens is 1. The number of amides is 1. The quantitative estimate of drug-likeness (QED) is 0.930. The highest BCUT2D eigenvalue weighted by molar-refractivity contribution is 5.93. The van der Waals surface area contributed by atoms with Crippen molar-refractivity contribution in [3.05, 3.63) is 29.6 Å². The van der Waals surface area contributed by atoms with Crippen molar-refractivity contribution >= 4 is 11.9 Å². The Bertz CT molecular complexity index is 602. The molecule has 5 nitrogen and oxygen atoms in total. The zero-order chi connectivity index (χ0) is 17.4. The number of hydrogen-bond donors (Lipinski definition) is 1. The molecule has 0 saturated carbocycles. The lowest BCUT2D eigenvalue weighted by atomic mass is 9.76. The highest BCUT2D eigenvalue weighted by atomic mass is 16.4. The van der Waals surface area contributed by atoms with Crippen LogP contribution in [0.15, 0.2) is 18.3 Å². The van der Waals surface area contributed by atoms with Gasteiger partial charge in [0.25, 0.3) is 5.91 Å². The van der Waals surface area contributed by atoms with Gasteiger partial charge in [0.15, 0.2) is 0 Å². The van der Waals surface area contributed by atoms with Crippen molar-refractivity contribution in [1.82, 2.24) is 9.88 Å². The van der Waals surface area contributed by atoms with Crippen LogP contribution in [0.4, 0.5) is 0 Å². The number of carbonyl (C=O) groups excluding carboxylic acids is 1. The molecule has 2 rings (SSSR count). The molecule has 1 N–H and O–H groups in total. The van der Waals surface area contributed by atoms with Crippen molar-refractivity contribution in [2.75, 3.05) is 13.1 Å². The summed E-state index contributed by atoms with van der Waals surface area (Å²) in [6, 6.07) is 3.66. The molecule has 1 unspecified atom stereocenters. The van der Waals surface area contributed by atoms with Gasteiger partial charge in [0.2, 0.25) is 0 Å². The van der Waals surface area contributed by atoms with E-state index in [2.05, 4.69) is 25.8 Å². The molecule has 1 aliphatic heterocycles. The lowest BCUT2D eigenvalue weighted by Gasteiger charge is -2.28. The number of rotatable bonds is 3. The van der Waals surface area contributed by atoms with Gasteiger partial charge in [0.1, 0.15) is 5.69 Å². The van der Waals surface area contributed by atoms with Crippen molar-refractivity contribution < 1.29 is 14.7 Å². The Kier molecular flexibility index (Phi) is 4.51. The molecule has 1 amide bonds. The molecular weight excluding hydrogens is 292 g/mol. The van der Waals surface area contributed by atoms with Gasteiger partial charge in [-0.15, -0.1) is 0 Å². The molecule has 2 heterocycles. The minimum atomic E-state index is -0.846. The molecule has 1 aromatic heterocycles. The van der Waals surface area contributed by atoms with Crippen LogP contribution in [0.25, 0.3) is 0 Å². The second kappa shape index (κ2) is 5.95. The smallest absolute Gasteiger partial charge is 0.311 e. The number of pyridine rings is 1. The van der Waals surface area contributed by atoms with E-state index in [1.165, 1.54) is 0 Å². The first-order valence-corrected chi connectivity index (χ1v) is 8.07. The molecule has 0 radical (unpaired) electrons. The topological polar surface area (TPSA) is 70.5 Å². The SMILES string of the molecule is CC(C)C1(C(=O)O)CCN(C(=O)c2ccc(C(C)(C)C)cn2)C1. The zero-order valence-corrected chi connectivity index (χ0v) is 14.6. The molecule has 126 valence electrons. The second-order valence-corrected chi connectivity index (χ2v) is 7.77. The van der Waals surface area contributed by atoms with E-state index >= 15 is 0 Å². The van der Waals surface area contributed by atoms with Gasteiger partial charge in [-0.05, 0) is 29.4 Å². The molecule has 5 heteroatoms. The Morgan fingerprint density at radius 3 is 2.35 bits per heavy atom. The molecule has 0 spiro atoms. The van der Waals surface area contributed by atoms with Crippen molar-refractivity contribution in [3.8, 4) is 0 Å². The van der Waals surface area contributed by atoms with E-state index in [0.29, 0.717) is 18.7 Å². The van der Waals surface area contributed by atoms with Gasteiger partial charge >= 0.3 is 5.97 Å². The van der Waals surface area contributed by atoms with Gasteiger partial charge in [-0.2, -0.15) is 0 Å². The van der Waals surface area contributed by atoms with Crippen molar-refractivity contribution in [2.24, 2.45) is 11.3 Å². The van der Waals surface area contributed by atoms with Crippen LogP contribution in [0.3, 0.4) is 0 Å². The number of carbonyl (C=O) groups is 2. The normalized spacial score (nSPS) is 21.7. The Hall–Kier alpha value is -1.91. The van der Waals surface area contributed by atoms with Crippen LogP contribution in [0.5, 0.6) is 0 Å². The second-order valence-electron chi connectivity index (χ2n) is 7.77. The summed E-state index contributed by atoms with van der Waals surface area (Å²) in [6.45, 7) is 10.8. The van der Waals surface area contributed by atoms with Crippen molar-refractivity contribution in [1.29, 1.82) is 0 Å². The summed E-state index contributed by atoms with van der Waals surface area (Å²) < 4.78 is 0. The number of aliphatic carboxylic acids is 1. The average molecular weight is 318 g/mol. The lowest BCUT2D eigenvalue weighted by molar-refractivity contribution is -0.150. The summed E-state index contributed by atoms with van der Waals surface area (Å²) in [7, 11) is 0. The maximum atomic E-state index is 12.6. The van der Waals surface area contributed by atoms with Crippen molar-refractivity contribution in [3.63, 3.8) is 0 Å². The Balaban J connectivity index is 2.18. The molecule has 23 heavy (non-hydrogen) atoms. The molecule has 1 saturated heterocycles. The summed E-state index contributed by atoms with van der Waals surface area (Å²) in [6.07, 6.45) is 2.22. The number of hydrogen-bond acceptors (Lipinski definition) is 3. The minimum absolute atomic E-state index is 0.0155. The highest BCUT2D eigenvalue weighted by Crippen LogP contribution is 2.38. The van der Waals surface area contributed by atoms with Gasteiger partial charge in [-0.25, -0.2) is 0 Å². The van der Waals surface area contributed by atoms with Crippen LogP contribution >= 0.6 is 0 Å². The van der Waals surface area contributed by atoms with Crippen LogP contribution in [0.1, 0.15) is 57.1 Å². The molecule has 1 aliphatic rings. The maximum Gasteiger partial charge on any atom is 0.311 e. The van der Waals surface area contributed by atoms with Gasteiger partial charge in [0.05, 0.1) is 5.41 Å². The van der Waals surface area contributed by atoms with Crippen LogP contribution in [-0.2, 0) is 10.2 Å². The Morgan fingerprint density at radius 2 is 1.96 bits per heavy atom. The Morgan fingerprint density at radius 1 is 1.30 bits per heavy atom. The molecule has 1 fully saturated rings. The molecule has 0 bridgehead atoms. The van der Waals surface area contributed by atoms with E-state index in [1.54, 1.807) is 17.2 Å². The van der Waals surface area contributed by atoms with Crippen LogP contribution in [0.2, 0.25) is 0 Å². The van der Waals surface area contributed by atoms with E-state index in [-0.39, 0.29) is 23.8 Å². The Labute approximate surface area is 137 Å². The molecule has 1 aromatic rings. The van der Waals surface area contributed by atoms with Gasteiger partial charge in [-0.1, -0.05) is 40.7 Å². The monoisotopic (exact) mass is 318 g/mol. The first-order valence-electron chi connectivity index (χ1n) is 8.07. The first kappa shape index (κ1) is 17.4. The fourth-order valence-corrected chi connectivity index (χ4v) is 3.03. The summed E-state index contributed by atoms with van der Waals surface area (Å²) >= 11 is 0. The maximum absolute atomic E-state index is 12.6. The van der Waals surface area contributed by atoms with E-state index in [9.17, 15) is 14.7 Å². The molecular formula is C18H26N2O3. The van der Waals surface area contributed by atoms with Crippen LogP contribution in [0, 0.1) is 11.3 Å². The summed E-state index contributed by atoms with van der Waals surface area (Å²) in [4.78, 5) is 30.2. The number of carboxylic acids is 1. The predicted molar refractivity (Wildman–Crippen MR) is 88.4 cm³/mol. The van der Waals surface area contributed by atoms with Crippen LogP contribution < -0.4 is 0 Å². The third-order valence-electron chi connectivity index (χ3n) is 4.97. The number of carboxylic acid groups (broad SMARTS) is 1. The molecule has 0 aliphatic carbocycles. The zero-order valence-electron chi connectivity index (χ0n) is 14.6. The summed E-state index contributed by atoms with van der Waals surface area (Å²) in [5.41, 5.74) is 0.583. The first-order chi connectivity index (χ1) is 10.6. The molecule has 1 atom stereocenters.